The van der Waals surface area contributed by atoms with Crippen molar-refractivity contribution in [3.05, 3.63) is 54.2 Å². The largest absolute Gasteiger partial charge is 0.573 e. The zero-order valence-corrected chi connectivity index (χ0v) is 15.2. The molecule has 0 saturated carbocycles. The number of benzene rings is 2. The molecule has 1 aliphatic heterocycles. The number of aromatic nitrogens is 1. The normalized spacial score (nSPS) is 15.0. The predicted octanol–water partition coefficient (Wildman–Crippen LogP) is 3.26. The molecule has 2 aromatic carbocycles. The number of hydrogen-bond acceptors (Lipinski definition) is 5. The van der Waals surface area contributed by atoms with Gasteiger partial charge in [0.2, 0.25) is 0 Å². The first-order chi connectivity index (χ1) is 13.3. The van der Waals surface area contributed by atoms with E-state index in [0.717, 1.165) is 21.7 Å². The van der Waals surface area contributed by atoms with Crippen molar-refractivity contribution in [3.8, 4) is 11.5 Å². The zero-order chi connectivity index (χ0) is 19.9. The van der Waals surface area contributed by atoms with E-state index in [1.165, 1.54) is 18.3 Å². The van der Waals surface area contributed by atoms with Crippen molar-refractivity contribution in [2.24, 2.45) is 0 Å². The first-order valence-corrected chi connectivity index (χ1v) is 9.78. The summed E-state index contributed by atoms with van der Waals surface area (Å²) in [6.45, 7) is 1.63. The van der Waals surface area contributed by atoms with Crippen LogP contribution in [0.2, 0.25) is 0 Å². The van der Waals surface area contributed by atoms with Gasteiger partial charge in [-0.15, -0.1) is 13.2 Å². The van der Waals surface area contributed by atoms with Crippen molar-refractivity contribution in [3.63, 3.8) is 0 Å². The molecule has 0 spiro atoms. The highest BCUT2D eigenvalue weighted by atomic mass is 32.2. The number of halogens is 3. The Labute approximate surface area is 158 Å². The van der Waals surface area contributed by atoms with Crippen LogP contribution in [-0.4, -0.2) is 31.9 Å². The first kappa shape index (κ1) is 18.6. The smallest absolute Gasteiger partial charge is 0.492 e. The second-order valence-electron chi connectivity index (χ2n) is 6.11. The fourth-order valence-electron chi connectivity index (χ4n) is 3.18. The number of hydrogen-bond donors (Lipinski definition) is 1. The monoisotopic (exact) mass is 412 g/mol. The Balaban J connectivity index is 1.86. The van der Waals surface area contributed by atoms with Gasteiger partial charge in [0, 0.05) is 30.2 Å². The number of rotatable bonds is 3. The van der Waals surface area contributed by atoms with E-state index >= 15 is 0 Å². The van der Waals surface area contributed by atoms with E-state index in [9.17, 15) is 21.6 Å². The van der Waals surface area contributed by atoms with Crippen LogP contribution in [0.25, 0.3) is 10.9 Å². The molecule has 4 rings (SSSR count). The van der Waals surface area contributed by atoms with Gasteiger partial charge in [-0.3, -0.25) is 0 Å². The van der Waals surface area contributed by atoms with Crippen molar-refractivity contribution in [2.45, 2.75) is 17.8 Å². The molecule has 2 heterocycles. The molecule has 0 bridgehead atoms. The summed E-state index contributed by atoms with van der Waals surface area (Å²) in [4.78, 5) is -0.575. The molecule has 28 heavy (non-hydrogen) atoms. The van der Waals surface area contributed by atoms with Crippen LogP contribution in [0.1, 0.15) is 5.56 Å². The third-order valence-electron chi connectivity index (χ3n) is 4.35. The van der Waals surface area contributed by atoms with Gasteiger partial charge >= 0.3 is 6.36 Å². The third kappa shape index (κ3) is 3.29. The van der Waals surface area contributed by atoms with Crippen LogP contribution >= 0.6 is 0 Å². The Hall–Kier alpha value is -2.72. The highest BCUT2D eigenvalue weighted by Crippen LogP contribution is 2.35. The van der Waals surface area contributed by atoms with E-state index in [4.69, 9.17) is 4.74 Å². The van der Waals surface area contributed by atoms with Gasteiger partial charge in [0.1, 0.15) is 23.0 Å². The standard InChI is InChI=1S/C18H15F3N2O4S/c19-18(20,21)27-16-3-1-2-4-17(16)28(24,25)23-9-7-12-13-11-22-8-10-26-15(13)6-5-14(12)23/h1-7,9,22H,8,10-11H2. The molecule has 1 aromatic heterocycles. The van der Waals surface area contributed by atoms with Crippen molar-refractivity contribution in [1.82, 2.24) is 9.29 Å². The summed E-state index contributed by atoms with van der Waals surface area (Å²) in [5.74, 6) is -0.134. The van der Waals surface area contributed by atoms with E-state index in [0.29, 0.717) is 36.3 Å². The van der Waals surface area contributed by atoms with Crippen molar-refractivity contribution in [2.75, 3.05) is 13.2 Å². The molecule has 148 valence electrons. The summed E-state index contributed by atoms with van der Waals surface area (Å²) in [6, 6.07) is 9.50. The number of fused-ring (bicyclic) bond motifs is 3. The molecule has 3 aromatic rings. The zero-order valence-electron chi connectivity index (χ0n) is 14.4. The van der Waals surface area contributed by atoms with E-state index in [1.807, 2.05) is 0 Å². The van der Waals surface area contributed by atoms with Gasteiger partial charge in [-0.05, 0) is 30.3 Å². The van der Waals surface area contributed by atoms with Crippen LogP contribution in [0.4, 0.5) is 13.2 Å². The highest BCUT2D eigenvalue weighted by Gasteiger charge is 2.34. The van der Waals surface area contributed by atoms with Gasteiger partial charge in [0.15, 0.2) is 0 Å². The van der Waals surface area contributed by atoms with Crippen LogP contribution in [0, 0.1) is 0 Å². The fourth-order valence-corrected chi connectivity index (χ4v) is 4.65. The lowest BCUT2D eigenvalue weighted by Crippen LogP contribution is -2.20. The van der Waals surface area contributed by atoms with Crippen LogP contribution in [0.15, 0.2) is 53.6 Å². The maximum Gasteiger partial charge on any atom is 0.573 e. The summed E-state index contributed by atoms with van der Waals surface area (Å²) in [5.41, 5.74) is 1.14. The van der Waals surface area contributed by atoms with E-state index in [-0.39, 0.29) is 0 Å². The van der Waals surface area contributed by atoms with Gasteiger partial charge in [0.25, 0.3) is 10.0 Å². The fraction of sp³-hybridized carbons (Fsp3) is 0.222. The molecule has 0 saturated heterocycles. The molecule has 0 atom stereocenters. The van der Waals surface area contributed by atoms with Gasteiger partial charge in [-0.1, -0.05) is 12.1 Å². The van der Waals surface area contributed by atoms with E-state index in [2.05, 4.69) is 10.1 Å². The molecule has 10 heteroatoms. The molecular weight excluding hydrogens is 397 g/mol. The summed E-state index contributed by atoms with van der Waals surface area (Å²) >= 11 is 0. The topological polar surface area (TPSA) is 69.6 Å². The Kier molecular flexibility index (Phi) is 4.47. The molecule has 1 N–H and O–H groups in total. The molecule has 0 amide bonds. The summed E-state index contributed by atoms with van der Waals surface area (Å²) in [5, 5.41) is 3.82. The van der Waals surface area contributed by atoms with Gasteiger partial charge in [-0.2, -0.15) is 0 Å². The SMILES string of the molecule is O=S(=O)(c1ccccc1OC(F)(F)F)n1ccc2c3c(ccc21)OCCNC3. The van der Waals surface area contributed by atoms with Crippen LogP contribution in [-0.2, 0) is 16.6 Å². The van der Waals surface area contributed by atoms with Crippen LogP contribution < -0.4 is 14.8 Å². The molecule has 0 fully saturated rings. The lowest BCUT2D eigenvalue weighted by Gasteiger charge is -2.15. The lowest BCUT2D eigenvalue weighted by molar-refractivity contribution is -0.275. The van der Waals surface area contributed by atoms with Crippen LogP contribution in [0.5, 0.6) is 11.5 Å². The average Bonchev–Trinajstić information content (AvgIpc) is 2.92. The first-order valence-electron chi connectivity index (χ1n) is 8.34. The maximum atomic E-state index is 13.1. The quantitative estimate of drug-likeness (QED) is 0.715. The molecular formula is C18H15F3N2O4S. The molecule has 0 radical (unpaired) electrons. The minimum absolute atomic E-state index is 0.341. The number of alkyl halides is 3. The minimum atomic E-state index is -5.01. The Morgan fingerprint density at radius 1 is 1.11 bits per heavy atom. The summed E-state index contributed by atoms with van der Waals surface area (Å²) in [6.07, 6.45) is -3.69. The van der Waals surface area contributed by atoms with Gasteiger partial charge in [0.05, 0.1) is 5.52 Å². The van der Waals surface area contributed by atoms with Crippen molar-refractivity contribution >= 4 is 20.9 Å². The van der Waals surface area contributed by atoms with E-state index < -0.39 is 27.0 Å². The second-order valence-corrected chi connectivity index (χ2v) is 7.89. The van der Waals surface area contributed by atoms with Crippen molar-refractivity contribution < 1.29 is 31.1 Å². The van der Waals surface area contributed by atoms with Crippen molar-refractivity contribution in [1.29, 1.82) is 0 Å². The third-order valence-corrected chi connectivity index (χ3v) is 6.08. The molecule has 0 aliphatic carbocycles. The molecule has 0 unspecified atom stereocenters. The number of nitrogens with one attached hydrogen (secondary N) is 1. The number of nitrogens with zero attached hydrogens (tertiary/aromatic N) is 1. The molecule has 6 nitrogen and oxygen atoms in total. The predicted molar refractivity (Wildman–Crippen MR) is 94.8 cm³/mol. The second kappa shape index (κ2) is 6.71. The number of ether oxygens (including phenoxy) is 2. The van der Waals surface area contributed by atoms with Gasteiger partial charge in [-0.25, -0.2) is 12.4 Å². The lowest BCUT2D eigenvalue weighted by atomic mass is 10.1. The minimum Gasteiger partial charge on any atom is -0.492 e. The highest BCUT2D eigenvalue weighted by molar-refractivity contribution is 7.90. The van der Waals surface area contributed by atoms with Crippen LogP contribution in [0.3, 0.4) is 0 Å². The average molecular weight is 412 g/mol. The Bertz CT molecular complexity index is 1140. The number of para-hydroxylation sites is 1. The summed E-state index contributed by atoms with van der Waals surface area (Å²) < 4.78 is 74.8. The Morgan fingerprint density at radius 3 is 2.68 bits per heavy atom. The van der Waals surface area contributed by atoms with Gasteiger partial charge < -0.3 is 14.8 Å². The Morgan fingerprint density at radius 2 is 1.89 bits per heavy atom. The van der Waals surface area contributed by atoms with E-state index in [1.54, 1.807) is 18.2 Å². The molecule has 1 aliphatic rings. The summed E-state index contributed by atoms with van der Waals surface area (Å²) in [7, 11) is -4.33. The maximum absolute atomic E-state index is 13.1.